The smallest absolute Gasteiger partial charge is 0.293 e. The van der Waals surface area contributed by atoms with Crippen LogP contribution in [0, 0.1) is 10.1 Å². The van der Waals surface area contributed by atoms with E-state index in [1.165, 1.54) is 30.2 Å². The molecule has 1 atom stereocenters. The Morgan fingerprint density at radius 3 is 2.78 bits per heavy atom. The maximum Gasteiger partial charge on any atom is 0.293 e. The summed E-state index contributed by atoms with van der Waals surface area (Å²) in [4.78, 5) is 23.7. The van der Waals surface area contributed by atoms with Crippen LogP contribution < -0.4 is 9.64 Å². The Morgan fingerprint density at radius 1 is 1.56 bits per heavy atom. The number of benzene rings is 1. The van der Waals surface area contributed by atoms with Gasteiger partial charge in [0.25, 0.3) is 5.69 Å². The van der Waals surface area contributed by atoms with Crippen LogP contribution in [0.15, 0.2) is 18.2 Å². The van der Waals surface area contributed by atoms with Gasteiger partial charge in [-0.15, -0.1) is 0 Å². The van der Waals surface area contributed by atoms with Gasteiger partial charge in [-0.25, -0.2) is 0 Å². The first-order chi connectivity index (χ1) is 8.52. The van der Waals surface area contributed by atoms with Crippen LogP contribution in [0.5, 0.6) is 5.75 Å². The third-order valence-corrected chi connectivity index (χ3v) is 3.36. The van der Waals surface area contributed by atoms with Gasteiger partial charge in [0, 0.05) is 29.9 Å². The van der Waals surface area contributed by atoms with Crippen molar-refractivity contribution in [3.05, 3.63) is 28.3 Å². The molecule has 0 aromatic heterocycles. The Labute approximate surface area is 112 Å². The third-order valence-electron chi connectivity index (χ3n) is 2.75. The molecule has 6 nitrogen and oxygen atoms in total. The first-order valence-electron chi connectivity index (χ1n) is 5.29. The molecule has 7 heteroatoms. The first-order valence-corrected chi connectivity index (χ1v) is 6.21. The van der Waals surface area contributed by atoms with Crippen molar-refractivity contribution in [3.63, 3.8) is 0 Å². The van der Waals surface area contributed by atoms with Gasteiger partial charge in [0.05, 0.1) is 12.0 Å². The lowest BCUT2D eigenvalue weighted by Crippen LogP contribution is -2.25. The van der Waals surface area contributed by atoms with Crippen molar-refractivity contribution < 1.29 is 14.5 Å². The lowest BCUT2D eigenvalue weighted by Gasteiger charge is -2.16. The van der Waals surface area contributed by atoms with E-state index in [0.717, 1.165) is 0 Å². The van der Waals surface area contributed by atoms with E-state index in [1.54, 1.807) is 0 Å². The summed E-state index contributed by atoms with van der Waals surface area (Å²) in [6.45, 7) is 0.423. The molecule has 0 radical (unpaired) electrons. The van der Waals surface area contributed by atoms with E-state index in [0.29, 0.717) is 18.7 Å². The summed E-state index contributed by atoms with van der Waals surface area (Å²) in [7, 11) is 1.48. The average Bonchev–Trinajstić information content (AvgIpc) is 2.67. The van der Waals surface area contributed by atoms with Crippen LogP contribution in [0.1, 0.15) is 6.42 Å². The maximum atomic E-state index is 11.8. The molecule has 1 unspecified atom stereocenters. The zero-order valence-electron chi connectivity index (χ0n) is 9.63. The average molecular weight is 315 g/mol. The standard InChI is InChI=1S/C11H11BrN2O4/c1-18-8-2-3-9(14(16)17)10(5-8)13-6-7(12)4-11(13)15/h2-3,5,7H,4,6H2,1H3. The molecular weight excluding hydrogens is 304 g/mol. The van der Waals surface area contributed by atoms with E-state index in [4.69, 9.17) is 4.74 Å². The van der Waals surface area contributed by atoms with Gasteiger partial charge in [-0.3, -0.25) is 14.9 Å². The van der Waals surface area contributed by atoms with Gasteiger partial charge in [0.2, 0.25) is 5.91 Å². The molecule has 1 aliphatic heterocycles. The highest BCUT2D eigenvalue weighted by Crippen LogP contribution is 2.35. The van der Waals surface area contributed by atoms with Crippen molar-refractivity contribution in [2.75, 3.05) is 18.6 Å². The van der Waals surface area contributed by atoms with E-state index < -0.39 is 4.92 Å². The number of nitro groups is 1. The molecule has 1 amide bonds. The highest BCUT2D eigenvalue weighted by Gasteiger charge is 2.33. The summed E-state index contributed by atoms with van der Waals surface area (Å²) >= 11 is 3.35. The highest BCUT2D eigenvalue weighted by atomic mass is 79.9. The third kappa shape index (κ3) is 2.31. The maximum absolute atomic E-state index is 11.8. The van der Waals surface area contributed by atoms with Crippen LogP contribution in [-0.4, -0.2) is 29.3 Å². The lowest BCUT2D eigenvalue weighted by atomic mass is 10.2. The molecule has 1 aromatic carbocycles. The second kappa shape index (κ2) is 4.93. The van der Waals surface area contributed by atoms with Crippen LogP contribution in [0.25, 0.3) is 0 Å². The molecule has 0 N–H and O–H groups in total. The molecule has 0 saturated carbocycles. The summed E-state index contributed by atoms with van der Waals surface area (Å²) < 4.78 is 5.04. The molecule has 2 rings (SSSR count). The number of nitro benzene ring substituents is 1. The van der Waals surface area contributed by atoms with Crippen molar-refractivity contribution in [2.45, 2.75) is 11.2 Å². The summed E-state index contributed by atoms with van der Waals surface area (Å²) in [5.74, 6) is 0.356. The summed E-state index contributed by atoms with van der Waals surface area (Å²) in [6.07, 6.45) is 0.342. The van der Waals surface area contributed by atoms with E-state index >= 15 is 0 Å². The van der Waals surface area contributed by atoms with Gasteiger partial charge in [0.15, 0.2) is 0 Å². The van der Waals surface area contributed by atoms with E-state index in [-0.39, 0.29) is 22.1 Å². The number of methoxy groups -OCH3 is 1. The Balaban J connectivity index is 2.47. The number of carbonyl (C=O) groups is 1. The number of alkyl halides is 1. The van der Waals surface area contributed by atoms with Gasteiger partial charge in [-0.1, -0.05) is 15.9 Å². The van der Waals surface area contributed by atoms with Crippen LogP contribution >= 0.6 is 15.9 Å². The van der Waals surface area contributed by atoms with E-state index in [2.05, 4.69) is 15.9 Å². The predicted octanol–water partition coefficient (Wildman–Crippen LogP) is 2.10. The molecule has 1 fully saturated rings. The number of anilines is 1. The van der Waals surface area contributed by atoms with Crippen molar-refractivity contribution in [1.82, 2.24) is 0 Å². The number of hydrogen-bond acceptors (Lipinski definition) is 4. The number of halogens is 1. The first kappa shape index (κ1) is 12.8. The van der Waals surface area contributed by atoms with Gasteiger partial charge in [-0.2, -0.15) is 0 Å². The van der Waals surface area contributed by atoms with Gasteiger partial charge in [0.1, 0.15) is 11.4 Å². The minimum Gasteiger partial charge on any atom is -0.497 e. The van der Waals surface area contributed by atoms with Crippen LogP contribution in [0.3, 0.4) is 0 Å². The molecular formula is C11H11BrN2O4. The number of ether oxygens (including phenoxy) is 1. The van der Waals surface area contributed by atoms with Crippen LogP contribution in [0.4, 0.5) is 11.4 Å². The van der Waals surface area contributed by atoms with Gasteiger partial charge < -0.3 is 9.64 Å². The highest BCUT2D eigenvalue weighted by molar-refractivity contribution is 9.09. The van der Waals surface area contributed by atoms with Gasteiger partial charge >= 0.3 is 0 Å². The molecule has 0 spiro atoms. The molecule has 1 aliphatic rings. The van der Waals surface area contributed by atoms with Crippen molar-refractivity contribution >= 4 is 33.2 Å². The normalized spacial score (nSPS) is 19.1. The van der Waals surface area contributed by atoms with Crippen molar-refractivity contribution in [3.8, 4) is 5.75 Å². The zero-order chi connectivity index (χ0) is 13.3. The molecule has 0 bridgehead atoms. The quantitative estimate of drug-likeness (QED) is 0.486. The Bertz CT molecular complexity index is 506. The summed E-state index contributed by atoms with van der Waals surface area (Å²) in [6, 6.07) is 4.37. The minimum absolute atomic E-state index is 0.0239. The number of carbonyl (C=O) groups excluding carboxylic acids is 1. The number of rotatable bonds is 3. The zero-order valence-corrected chi connectivity index (χ0v) is 11.2. The molecule has 96 valence electrons. The Hall–Kier alpha value is -1.63. The topological polar surface area (TPSA) is 72.7 Å². The number of hydrogen-bond donors (Lipinski definition) is 0. The van der Waals surface area contributed by atoms with Crippen LogP contribution in [0.2, 0.25) is 0 Å². The molecule has 1 heterocycles. The van der Waals surface area contributed by atoms with Gasteiger partial charge in [-0.05, 0) is 6.07 Å². The fraction of sp³-hybridized carbons (Fsp3) is 0.364. The fourth-order valence-electron chi connectivity index (χ4n) is 1.90. The molecule has 18 heavy (non-hydrogen) atoms. The molecule has 1 aromatic rings. The minimum atomic E-state index is -0.496. The van der Waals surface area contributed by atoms with Crippen molar-refractivity contribution in [2.24, 2.45) is 0 Å². The molecule has 0 aliphatic carbocycles. The number of nitrogens with zero attached hydrogens (tertiary/aromatic N) is 2. The second-order valence-corrected chi connectivity index (χ2v) is 5.21. The Kier molecular flexibility index (Phi) is 3.51. The predicted molar refractivity (Wildman–Crippen MR) is 69.3 cm³/mol. The molecule has 1 saturated heterocycles. The fourth-order valence-corrected chi connectivity index (χ4v) is 2.46. The summed E-state index contributed by atoms with van der Waals surface area (Å²) in [5, 5.41) is 11.0. The lowest BCUT2D eigenvalue weighted by molar-refractivity contribution is -0.384. The Morgan fingerprint density at radius 2 is 2.28 bits per heavy atom. The number of amides is 1. The summed E-state index contributed by atoms with van der Waals surface area (Å²) in [5.41, 5.74) is 0.192. The monoisotopic (exact) mass is 314 g/mol. The van der Waals surface area contributed by atoms with E-state index in [1.807, 2.05) is 0 Å². The SMILES string of the molecule is COc1ccc([N+](=O)[O-])c(N2CC(Br)CC2=O)c1. The van der Waals surface area contributed by atoms with E-state index in [9.17, 15) is 14.9 Å². The second-order valence-electron chi connectivity index (χ2n) is 3.92. The van der Waals surface area contributed by atoms with Crippen LogP contribution in [-0.2, 0) is 4.79 Å². The largest absolute Gasteiger partial charge is 0.497 e. The van der Waals surface area contributed by atoms with Crippen molar-refractivity contribution in [1.29, 1.82) is 0 Å².